The molecule has 0 bridgehead atoms. The van der Waals surface area contributed by atoms with Crippen LogP contribution in [-0.2, 0) is 6.42 Å². The SMILES string of the molecule is CCc1c(C)c(C#N)c2nc3ccccc3n2c1N1CC(C)CC(C)C1. The molecule has 1 aromatic carbocycles. The van der Waals surface area contributed by atoms with E-state index in [2.05, 4.69) is 55.2 Å². The van der Waals surface area contributed by atoms with E-state index < -0.39 is 0 Å². The molecule has 2 aromatic heterocycles. The molecular weight excluding hydrogens is 320 g/mol. The summed E-state index contributed by atoms with van der Waals surface area (Å²) < 4.78 is 2.24. The summed E-state index contributed by atoms with van der Waals surface area (Å²) >= 11 is 0. The van der Waals surface area contributed by atoms with E-state index in [9.17, 15) is 5.26 Å². The molecule has 134 valence electrons. The molecule has 4 nitrogen and oxygen atoms in total. The van der Waals surface area contributed by atoms with Gasteiger partial charge in [-0.15, -0.1) is 0 Å². The van der Waals surface area contributed by atoms with E-state index in [1.54, 1.807) is 0 Å². The maximum Gasteiger partial charge on any atom is 0.157 e. The van der Waals surface area contributed by atoms with E-state index in [1.807, 2.05) is 12.1 Å². The first-order valence-electron chi connectivity index (χ1n) is 9.62. The van der Waals surface area contributed by atoms with Crippen molar-refractivity contribution < 1.29 is 0 Å². The molecule has 1 fully saturated rings. The number of pyridine rings is 1. The van der Waals surface area contributed by atoms with Gasteiger partial charge in [0.1, 0.15) is 11.9 Å². The molecule has 1 aliphatic rings. The number of aromatic nitrogens is 2. The lowest BCUT2D eigenvalue weighted by atomic mass is 9.91. The number of imidazole rings is 1. The van der Waals surface area contributed by atoms with Gasteiger partial charge in [-0.25, -0.2) is 4.98 Å². The Bertz CT molecular complexity index is 1010. The molecule has 2 unspecified atom stereocenters. The van der Waals surface area contributed by atoms with Crippen molar-refractivity contribution in [3.63, 3.8) is 0 Å². The fraction of sp³-hybridized carbons (Fsp3) is 0.455. The van der Waals surface area contributed by atoms with Crippen LogP contribution in [-0.4, -0.2) is 22.5 Å². The van der Waals surface area contributed by atoms with E-state index in [4.69, 9.17) is 4.98 Å². The van der Waals surface area contributed by atoms with Gasteiger partial charge in [0.05, 0.1) is 16.6 Å². The number of nitriles is 1. The summed E-state index contributed by atoms with van der Waals surface area (Å²) in [6.07, 6.45) is 2.19. The van der Waals surface area contributed by atoms with E-state index in [0.717, 1.165) is 41.8 Å². The summed E-state index contributed by atoms with van der Waals surface area (Å²) in [5.74, 6) is 2.58. The Morgan fingerprint density at radius 1 is 1.19 bits per heavy atom. The van der Waals surface area contributed by atoms with Gasteiger partial charge in [-0.05, 0) is 54.9 Å². The third-order valence-electron chi connectivity index (χ3n) is 5.73. The number of rotatable bonds is 2. The average molecular weight is 346 g/mol. The lowest BCUT2D eigenvalue weighted by Gasteiger charge is -2.38. The molecule has 4 heteroatoms. The van der Waals surface area contributed by atoms with Crippen molar-refractivity contribution in [1.82, 2.24) is 9.38 Å². The van der Waals surface area contributed by atoms with Gasteiger partial charge in [-0.2, -0.15) is 5.26 Å². The Morgan fingerprint density at radius 3 is 2.54 bits per heavy atom. The quantitative estimate of drug-likeness (QED) is 0.675. The van der Waals surface area contributed by atoms with Crippen LogP contribution in [0.2, 0.25) is 0 Å². The number of piperidine rings is 1. The smallest absolute Gasteiger partial charge is 0.157 e. The zero-order valence-electron chi connectivity index (χ0n) is 16.1. The van der Waals surface area contributed by atoms with Gasteiger partial charge in [-0.3, -0.25) is 4.40 Å². The predicted octanol–water partition coefficient (Wildman–Crippen LogP) is 4.71. The van der Waals surface area contributed by atoms with Crippen molar-refractivity contribution in [3.8, 4) is 6.07 Å². The van der Waals surface area contributed by atoms with E-state index in [-0.39, 0.29) is 0 Å². The molecule has 0 aliphatic carbocycles. The number of benzene rings is 1. The monoisotopic (exact) mass is 346 g/mol. The number of hydrogen-bond acceptors (Lipinski definition) is 3. The van der Waals surface area contributed by atoms with Gasteiger partial charge in [0.25, 0.3) is 0 Å². The normalized spacial score (nSPS) is 20.7. The highest BCUT2D eigenvalue weighted by Gasteiger charge is 2.28. The van der Waals surface area contributed by atoms with E-state index in [0.29, 0.717) is 17.4 Å². The molecule has 1 saturated heterocycles. The van der Waals surface area contributed by atoms with Crippen LogP contribution in [0.4, 0.5) is 5.82 Å². The first-order valence-corrected chi connectivity index (χ1v) is 9.62. The van der Waals surface area contributed by atoms with Crippen molar-refractivity contribution in [2.24, 2.45) is 11.8 Å². The minimum absolute atomic E-state index is 0.671. The molecule has 0 N–H and O–H groups in total. The van der Waals surface area contributed by atoms with Crippen LogP contribution in [0.5, 0.6) is 0 Å². The molecule has 26 heavy (non-hydrogen) atoms. The van der Waals surface area contributed by atoms with Gasteiger partial charge in [0.15, 0.2) is 5.65 Å². The van der Waals surface area contributed by atoms with Crippen molar-refractivity contribution in [1.29, 1.82) is 5.26 Å². The van der Waals surface area contributed by atoms with Crippen LogP contribution < -0.4 is 4.90 Å². The molecule has 0 saturated carbocycles. The zero-order valence-corrected chi connectivity index (χ0v) is 16.1. The molecule has 0 radical (unpaired) electrons. The molecule has 3 aromatic rings. The second-order valence-corrected chi connectivity index (χ2v) is 7.88. The molecule has 0 spiro atoms. The highest BCUT2D eigenvalue weighted by atomic mass is 15.2. The molecular formula is C22H26N4. The van der Waals surface area contributed by atoms with Crippen LogP contribution in [0.15, 0.2) is 24.3 Å². The molecule has 0 amide bonds. The highest BCUT2D eigenvalue weighted by Crippen LogP contribution is 2.36. The largest absolute Gasteiger partial charge is 0.357 e. The highest BCUT2D eigenvalue weighted by molar-refractivity contribution is 5.86. The topological polar surface area (TPSA) is 44.3 Å². The minimum atomic E-state index is 0.671. The van der Waals surface area contributed by atoms with E-state index in [1.165, 1.54) is 17.8 Å². The van der Waals surface area contributed by atoms with Crippen molar-refractivity contribution >= 4 is 22.5 Å². The summed E-state index contributed by atoms with van der Waals surface area (Å²) in [4.78, 5) is 7.36. The van der Waals surface area contributed by atoms with Crippen LogP contribution in [0.25, 0.3) is 16.7 Å². The van der Waals surface area contributed by atoms with Gasteiger partial charge in [0, 0.05) is 13.1 Å². The van der Waals surface area contributed by atoms with Crippen LogP contribution in [0.3, 0.4) is 0 Å². The lowest BCUT2D eigenvalue weighted by Crippen LogP contribution is -2.40. The standard InChI is InChI=1S/C22H26N4/c1-5-17-16(4)18(11-23)21-24-19-8-6-7-9-20(19)26(21)22(17)25-12-14(2)10-15(3)13-25/h6-9,14-15H,5,10,12-13H2,1-4H3. The third-order valence-corrected chi connectivity index (χ3v) is 5.73. The molecule has 4 rings (SSSR count). The second kappa shape index (κ2) is 6.32. The van der Waals surface area contributed by atoms with Crippen LogP contribution in [0.1, 0.15) is 43.9 Å². The Hall–Kier alpha value is -2.54. The first-order chi connectivity index (χ1) is 12.5. The van der Waals surface area contributed by atoms with Crippen molar-refractivity contribution in [3.05, 3.63) is 41.0 Å². The van der Waals surface area contributed by atoms with Crippen LogP contribution in [0, 0.1) is 30.1 Å². The zero-order chi connectivity index (χ0) is 18.4. The van der Waals surface area contributed by atoms with E-state index >= 15 is 0 Å². The summed E-state index contributed by atoms with van der Waals surface area (Å²) in [7, 11) is 0. The fourth-order valence-electron chi connectivity index (χ4n) is 4.75. The van der Waals surface area contributed by atoms with Crippen LogP contribution >= 0.6 is 0 Å². The number of fused-ring (bicyclic) bond motifs is 3. The molecule has 1 aliphatic heterocycles. The molecule has 3 heterocycles. The Labute approximate surface area is 155 Å². The lowest BCUT2D eigenvalue weighted by molar-refractivity contribution is 0.354. The first kappa shape index (κ1) is 16.9. The second-order valence-electron chi connectivity index (χ2n) is 7.88. The predicted molar refractivity (Wildman–Crippen MR) is 107 cm³/mol. The minimum Gasteiger partial charge on any atom is -0.357 e. The number of hydrogen-bond donors (Lipinski definition) is 0. The fourth-order valence-corrected chi connectivity index (χ4v) is 4.75. The number of nitrogens with zero attached hydrogens (tertiary/aromatic N) is 4. The van der Waals surface area contributed by atoms with Gasteiger partial charge < -0.3 is 4.90 Å². The maximum atomic E-state index is 9.83. The number of para-hydroxylation sites is 2. The summed E-state index contributed by atoms with van der Waals surface area (Å²) in [6, 6.07) is 10.6. The van der Waals surface area contributed by atoms with Gasteiger partial charge in [-0.1, -0.05) is 32.9 Å². The number of anilines is 1. The van der Waals surface area contributed by atoms with Gasteiger partial charge in [0.2, 0.25) is 0 Å². The van der Waals surface area contributed by atoms with Crippen molar-refractivity contribution in [2.75, 3.05) is 18.0 Å². The summed E-state index contributed by atoms with van der Waals surface area (Å²) in [5.41, 5.74) is 5.91. The summed E-state index contributed by atoms with van der Waals surface area (Å²) in [5, 5.41) is 9.83. The Kier molecular flexibility index (Phi) is 4.11. The summed E-state index contributed by atoms with van der Waals surface area (Å²) in [6.45, 7) is 11.1. The van der Waals surface area contributed by atoms with Gasteiger partial charge >= 0.3 is 0 Å². The maximum absolute atomic E-state index is 9.83. The Morgan fingerprint density at radius 2 is 1.88 bits per heavy atom. The molecule has 2 atom stereocenters. The van der Waals surface area contributed by atoms with Crippen molar-refractivity contribution in [2.45, 2.75) is 40.5 Å². The third kappa shape index (κ3) is 2.46. The average Bonchev–Trinajstić information content (AvgIpc) is 2.98. The Balaban J connectivity index is 2.12.